The number of ether oxygens (including phenoxy) is 1. The Labute approximate surface area is 118 Å². The fraction of sp³-hybridized carbons (Fsp3) is 0.235. The van der Waals surface area contributed by atoms with Crippen LogP contribution < -0.4 is 4.74 Å². The third-order valence-corrected chi connectivity index (χ3v) is 3.67. The number of fused-ring (bicyclic) bond motifs is 1. The molecule has 0 saturated heterocycles. The van der Waals surface area contributed by atoms with Crippen molar-refractivity contribution in [3.05, 3.63) is 48.3 Å². The number of hydrogen-bond donors (Lipinski definition) is 0. The first-order chi connectivity index (χ1) is 9.76. The normalized spacial score (nSPS) is 10.9. The summed E-state index contributed by atoms with van der Waals surface area (Å²) in [7, 11) is 1.71. The largest absolute Gasteiger partial charge is 0.496 e. The number of benzene rings is 2. The van der Waals surface area contributed by atoms with Gasteiger partial charge in [-0.1, -0.05) is 30.3 Å². The number of aryl methyl sites for hydroxylation is 2. The summed E-state index contributed by atoms with van der Waals surface area (Å²) in [5, 5.41) is 0. The Kier molecular flexibility index (Phi) is 3.18. The molecule has 0 aliphatic heterocycles. The molecule has 0 amide bonds. The summed E-state index contributed by atoms with van der Waals surface area (Å²) in [5.74, 6) is 1.94. The SMILES string of the molecule is CCn1c(C)nc2cccc(-c3ccccc3OC)c21. The number of nitrogens with zero attached hydrogens (tertiary/aromatic N) is 2. The highest BCUT2D eigenvalue weighted by Crippen LogP contribution is 2.35. The molecule has 1 heterocycles. The summed E-state index contributed by atoms with van der Waals surface area (Å²) in [6, 6.07) is 14.4. The Hall–Kier alpha value is -2.29. The molecule has 2 aromatic carbocycles. The third kappa shape index (κ3) is 1.86. The molecule has 3 heteroatoms. The number of hydrogen-bond acceptors (Lipinski definition) is 2. The first-order valence-electron chi connectivity index (χ1n) is 6.85. The summed E-state index contributed by atoms with van der Waals surface area (Å²) in [6.07, 6.45) is 0. The van der Waals surface area contributed by atoms with Crippen LogP contribution in [0.5, 0.6) is 5.75 Å². The molecule has 3 nitrogen and oxygen atoms in total. The van der Waals surface area contributed by atoms with Crippen LogP contribution in [-0.2, 0) is 6.54 Å². The second-order valence-electron chi connectivity index (χ2n) is 4.78. The minimum absolute atomic E-state index is 0.890. The van der Waals surface area contributed by atoms with E-state index in [2.05, 4.69) is 47.7 Å². The Balaban J connectivity index is 2.36. The van der Waals surface area contributed by atoms with Gasteiger partial charge in [-0.15, -0.1) is 0 Å². The lowest BCUT2D eigenvalue weighted by Gasteiger charge is -2.11. The minimum Gasteiger partial charge on any atom is -0.496 e. The molecule has 20 heavy (non-hydrogen) atoms. The van der Waals surface area contributed by atoms with E-state index < -0.39 is 0 Å². The van der Waals surface area contributed by atoms with Crippen molar-refractivity contribution in [2.45, 2.75) is 20.4 Å². The van der Waals surface area contributed by atoms with Crippen molar-refractivity contribution in [2.75, 3.05) is 7.11 Å². The van der Waals surface area contributed by atoms with Gasteiger partial charge in [-0.2, -0.15) is 0 Å². The van der Waals surface area contributed by atoms with E-state index in [1.807, 2.05) is 18.2 Å². The van der Waals surface area contributed by atoms with Crippen molar-refractivity contribution in [3.63, 3.8) is 0 Å². The molecule has 102 valence electrons. The van der Waals surface area contributed by atoms with Gasteiger partial charge in [0.1, 0.15) is 11.6 Å². The molecule has 0 saturated carbocycles. The van der Waals surface area contributed by atoms with Crippen LogP contribution in [0.4, 0.5) is 0 Å². The lowest BCUT2D eigenvalue weighted by Crippen LogP contribution is -1.98. The number of methoxy groups -OCH3 is 1. The van der Waals surface area contributed by atoms with Crippen molar-refractivity contribution < 1.29 is 4.74 Å². The minimum atomic E-state index is 0.890. The fourth-order valence-corrected chi connectivity index (χ4v) is 2.77. The van der Waals surface area contributed by atoms with Gasteiger partial charge in [0.2, 0.25) is 0 Å². The molecule has 0 unspecified atom stereocenters. The van der Waals surface area contributed by atoms with Crippen LogP contribution in [0.15, 0.2) is 42.5 Å². The molecular weight excluding hydrogens is 248 g/mol. The molecule has 1 aromatic heterocycles. The van der Waals surface area contributed by atoms with Gasteiger partial charge >= 0.3 is 0 Å². The maximum Gasteiger partial charge on any atom is 0.126 e. The number of rotatable bonds is 3. The van der Waals surface area contributed by atoms with Crippen LogP contribution in [0.25, 0.3) is 22.2 Å². The molecular formula is C17H18N2O. The van der Waals surface area contributed by atoms with E-state index in [-0.39, 0.29) is 0 Å². The Morgan fingerprint density at radius 1 is 1.05 bits per heavy atom. The van der Waals surface area contributed by atoms with E-state index in [9.17, 15) is 0 Å². The van der Waals surface area contributed by atoms with Gasteiger partial charge in [-0.25, -0.2) is 4.98 Å². The molecule has 3 aromatic rings. The summed E-state index contributed by atoms with van der Waals surface area (Å²) < 4.78 is 7.75. The predicted molar refractivity (Wildman–Crippen MR) is 82.1 cm³/mol. The van der Waals surface area contributed by atoms with Gasteiger partial charge in [-0.3, -0.25) is 0 Å². The van der Waals surface area contributed by atoms with Gasteiger partial charge in [0.15, 0.2) is 0 Å². The second-order valence-corrected chi connectivity index (χ2v) is 4.78. The molecule has 0 atom stereocenters. The van der Waals surface area contributed by atoms with Gasteiger partial charge in [0.25, 0.3) is 0 Å². The summed E-state index contributed by atoms with van der Waals surface area (Å²) in [6.45, 7) is 5.11. The molecule has 0 aliphatic rings. The zero-order valence-corrected chi connectivity index (χ0v) is 12.1. The van der Waals surface area contributed by atoms with Crippen LogP contribution in [0.1, 0.15) is 12.7 Å². The molecule has 0 spiro atoms. The van der Waals surface area contributed by atoms with Gasteiger partial charge in [0, 0.05) is 17.7 Å². The van der Waals surface area contributed by atoms with E-state index in [1.54, 1.807) is 7.11 Å². The lowest BCUT2D eigenvalue weighted by molar-refractivity contribution is 0.416. The highest BCUT2D eigenvalue weighted by Gasteiger charge is 2.14. The average Bonchev–Trinajstić information content (AvgIpc) is 2.82. The van der Waals surface area contributed by atoms with E-state index in [0.29, 0.717) is 0 Å². The Morgan fingerprint density at radius 2 is 1.80 bits per heavy atom. The summed E-state index contributed by atoms with van der Waals surface area (Å²) >= 11 is 0. The van der Waals surface area contributed by atoms with E-state index in [1.165, 1.54) is 11.1 Å². The van der Waals surface area contributed by atoms with Crippen LogP contribution in [-0.4, -0.2) is 16.7 Å². The maximum absolute atomic E-state index is 5.50. The average molecular weight is 266 g/mol. The number of imidazole rings is 1. The molecule has 0 radical (unpaired) electrons. The van der Waals surface area contributed by atoms with Gasteiger partial charge in [0.05, 0.1) is 18.1 Å². The van der Waals surface area contributed by atoms with Crippen LogP contribution in [0.2, 0.25) is 0 Å². The van der Waals surface area contributed by atoms with Crippen LogP contribution in [0.3, 0.4) is 0 Å². The van der Waals surface area contributed by atoms with Gasteiger partial charge < -0.3 is 9.30 Å². The van der Waals surface area contributed by atoms with E-state index in [0.717, 1.165) is 29.2 Å². The monoisotopic (exact) mass is 266 g/mol. The zero-order chi connectivity index (χ0) is 14.1. The van der Waals surface area contributed by atoms with Crippen LogP contribution in [0, 0.1) is 6.92 Å². The summed E-state index contributed by atoms with van der Waals surface area (Å²) in [5.41, 5.74) is 4.49. The molecule has 0 N–H and O–H groups in total. The van der Waals surface area contributed by atoms with Crippen molar-refractivity contribution in [3.8, 4) is 16.9 Å². The predicted octanol–water partition coefficient (Wildman–Crippen LogP) is 4.04. The highest BCUT2D eigenvalue weighted by atomic mass is 16.5. The van der Waals surface area contributed by atoms with Crippen molar-refractivity contribution >= 4 is 11.0 Å². The zero-order valence-electron chi connectivity index (χ0n) is 12.1. The smallest absolute Gasteiger partial charge is 0.126 e. The summed E-state index contributed by atoms with van der Waals surface area (Å²) in [4.78, 5) is 4.65. The topological polar surface area (TPSA) is 27.1 Å². The van der Waals surface area contributed by atoms with Gasteiger partial charge in [-0.05, 0) is 26.0 Å². The second kappa shape index (κ2) is 5.00. The quantitative estimate of drug-likeness (QED) is 0.715. The van der Waals surface area contributed by atoms with Crippen molar-refractivity contribution in [1.82, 2.24) is 9.55 Å². The third-order valence-electron chi connectivity index (χ3n) is 3.67. The number of aromatic nitrogens is 2. The molecule has 3 rings (SSSR count). The number of para-hydroxylation sites is 2. The fourth-order valence-electron chi connectivity index (χ4n) is 2.77. The lowest BCUT2D eigenvalue weighted by atomic mass is 10.0. The Morgan fingerprint density at radius 3 is 2.55 bits per heavy atom. The van der Waals surface area contributed by atoms with Crippen molar-refractivity contribution in [1.29, 1.82) is 0 Å². The first kappa shape index (κ1) is 12.7. The molecule has 0 fully saturated rings. The van der Waals surface area contributed by atoms with Crippen molar-refractivity contribution in [2.24, 2.45) is 0 Å². The highest BCUT2D eigenvalue weighted by molar-refractivity contribution is 5.94. The van der Waals surface area contributed by atoms with Crippen LogP contribution >= 0.6 is 0 Å². The maximum atomic E-state index is 5.50. The van der Waals surface area contributed by atoms with E-state index in [4.69, 9.17) is 4.74 Å². The first-order valence-corrected chi connectivity index (χ1v) is 6.85. The standard InChI is InChI=1S/C17H18N2O/c1-4-19-12(2)18-15-10-7-9-14(17(15)19)13-8-5-6-11-16(13)20-3/h5-11H,4H2,1-3H3. The molecule has 0 bridgehead atoms. The Bertz CT molecular complexity index is 759. The van der Waals surface area contributed by atoms with E-state index >= 15 is 0 Å². The molecule has 0 aliphatic carbocycles.